The second-order valence-corrected chi connectivity index (χ2v) is 10.6. The van der Waals surface area contributed by atoms with E-state index < -0.39 is 11.6 Å². The lowest BCUT2D eigenvalue weighted by molar-refractivity contribution is -0.119. The summed E-state index contributed by atoms with van der Waals surface area (Å²) in [6.07, 6.45) is 6.80. The molecule has 10 nitrogen and oxygen atoms in total. The van der Waals surface area contributed by atoms with Gasteiger partial charge in [-0.05, 0) is 55.0 Å². The molecule has 43 heavy (non-hydrogen) atoms. The van der Waals surface area contributed by atoms with Crippen molar-refractivity contribution in [2.45, 2.75) is 19.4 Å². The highest BCUT2D eigenvalue weighted by molar-refractivity contribution is 6.31. The number of amides is 1. The van der Waals surface area contributed by atoms with Gasteiger partial charge in [0.05, 0.1) is 23.9 Å². The summed E-state index contributed by atoms with van der Waals surface area (Å²) in [7, 11) is 0. The Labute approximate surface area is 256 Å². The number of nitrogens with zero attached hydrogens (tertiary/aromatic N) is 7. The zero-order chi connectivity index (χ0) is 29.9. The Kier molecular flexibility index (Phi) is 7.86. The number of hydrogen-bond acceptors (Lipinski definition) is 6. The van der Waals surface area contributed by atoms with Gasteiger partial charge in [0.15, 0.2) is 5.15 Å². The molecule has 1 N–H and O–H groups in total. The molecule has 214 valence electrons. The van der Waals surface area contributed by atoms with Gasteiger partial charge in [0, 0.05) is 46.8 Å². The van der Waals surface area contributed by atoms with Crippen molar-refractivity contribution >= 4 is 34.8 Å². The first-order valence-electron chi connectivity index (χ1n) is 13.3. The standard InChI is InChI=1S/C31H24Cl2N8O2/c1-20-34-13-14-39(20)24-10-8-23(9-11-24)36-31(43)28(15-21-5-3-2-4-6-21)40-19-35-26(17-30(40)42)25-16-22(32)7-12-27(25)41-18-29(33)37-38-41/h2-14,16-19,28H,15H2,1H3,(H,36,43). The predicted octanol–water partition coefficient (Wildman–Crippen LogP) is 5.71. The molecule has 6 rings (SSSR count). The quantitative estimate of drug-likeness (QED) is 0.236. The highest BCUT2D eigenvalue weighted by Gasteiger charge is 2.24. The van der Waals surface area contributed by atoms with Crippen LogP contribution in [0.5, 0.6) is 0 Å². The Bertz CT molecular complexity index is 1970. The number of imidazole rings is 1. The molecule has 0 aliphatic heterocycles. The van der Waals surface area contributed by atoms with Crippen molar-refractivity contribution in [3.63, 3.8) is 0 Å². The molecule has 0 spiro atoms. The molecule has 0 saturated heterocycles. The van der Waals surface area contributed by atoms with Crippen LogP contribution in [-0.4, -0.2) is 40.0 Å². The maximum Gasteiger partial charge on any atom is 0.254 e. The number of anilines is 1. The summed E-state index contributed by atoms with van der Waals surface area (Å²) >= 11 is 12.3. The molecule has 0 bridgehead atoms. The molecule has 3 aromatic carbocycles. The van der Waals surface area contributed by atoms with Gasteiger partial charge in [0.2, 0.25) is 5.91 Å². The maximum absolute atomic E-state index is 13.7. The number of carbonyl (C=O) groups excluding carboxylic acids is 1. The van der Waals surface area contributed by atoms with E-state index in [2.05, 4.69) is 25.6 Å². The summed E-state index contributed by atoms with van der Waals surface area (Å²) in [6.45, 7) is 1.91. The van der Waals surface area contributed by atoms with Crippen LogP contribution in [0.2, 0.25) is 10.2 Å². The zero-order valence-electron chi connectivity index (χ0n) is 22.8. The molecule has 1 unspecified atom stereocenters. The average Bonchev–Trinajstić information content (AvgIpc) is 3.64. The number of carbonyl (C=O) groups is 1. The smallest absolute Gasteiger partial charge is 0.254 e. The second-order valence-electron chi connectivity index (χ2n) is 9.75. The Hall–Kier alpha value is -5.06. The van der Waals surface area contributed by atoms with Gasteiger partial charge in [-0.1, -0.05) is 58.7 Å². The predicted molar refractivity (Wildman–Crippen MR) is 165 cm³/mol. The number of rotatable bonds is 8. The largest absolute Gasteiger partial charge is 0.324 e. The minimum Gasteiger partial charge on any atom is -0.324 e. The van der Waals surface area contributed by atoms with Crippen LogP contribution >= 0.6 is 23.2 Å². The Morgan fingerprint density at radius 1 is 0.977 bits per heavy atom. The number of nitrogens with one attached hydrogen (secondary N) is 1. The first kappa shape index (κ1) is 28.1. The molecule has 0 fully saturated rings. The van der Waals surface area contributed by atoms with Gasteiger partial charge in [0.25, 0.3) is 5.56 Å². The average molecular weight is 611 g/mol. The first-order chi connectivity index (χ1) is 20.9. The van der Waals surface area contributed by atoms with Crippen LogP contribution in [0.1, 0.15) is 17.4 Å². The third kappa shape index (κ3) is 6.11. The van der Waals surface area contributed by atoms with Crippen molar-refractivity contribution in [2.24, 2.45) is 0 Å². The number of aryl methyl sites for hydroxylation is 1. The first-order valence-corrected chi connectivity index (χ1v) is 14.0. The fraction of sp³-hybridized carbons (Fsp3) is 0.0968. The lowest BCUT2D eigenvalue weighted by atomic mass is 10.0. The topological polar surface area (TPSA) is 113 Å². The monoisotopic (exact) mass is 610 g/mol. The van der Waals surface area contributed by atoms with Gasteiger partial charge in [-0.25, -0.2) is 14.6 Å². The molecule has 0 saturated carbocycles. The lowest BCUT2D eigenvalue weighted by Gasteiger charge is -2.20. The molecule has 1 atom stereocenters. The van der Waals surface area contributed by atoms with E-state index in [1.807, 2.05) is 72.3 Å². The highest BCUT2D eigenvalue weighted by Crippen LogP contribution is 2.28. The fourth-order valence-electron chi connectivity index (χ4n) is 4.80. The summed E-state index contributed by atoms with van der Waals surface area (Å²) in [5.74, 6) is 0.498. The minimum absolute atomic E-state index is 0.213. The van der Waals surface area contributed by atoms with E-state index in [1.165, 1.54) is 21.6 Å². The van der Waals surface area contributed by atoms with E-state index in [1.54, 1.807) is 30.6 Å². The van der Waals surface area contributed by atoms with Gasteiger partial charge < -0.3 is 9.88 Å². The molecular weight excluding hydrogens is 587 g/mol. The minimum atomic E-state index is -0.875. The molecule has 0 radical (unpaired) electrons. The normalized spacial score (nSPS) is 11.8. The van der Waals surface area contributed by atoms with Crippen molar-refractivity contribution in [1.29, 1.82) is 0 Å². The third-order valence-electron chi connectivity index (χ3n) is 6.93. The Balaban J connectivity index is 1.33. The van der Waals surface area contributed by atoms with Crippen molar-refractivity contribution in [3.8, 4) is 22.6 Å². The molecule has 3 heterocycles. The summed E-state index contributed by atoms with van der Waals surface area (Å²) in [5, 5.41) is 11.5. The van der Waals surface area contributed by atoms with E-state index in [9.17, 15) is 9.59 Å². The van der Waals surface area contributed by atoms with Gasteiger partial charge in [-0.2, -0.15) is 0 Å². The van der Waals surface area contributed by atoms with Crippen LogP contribution in [0.4, 0.5) is 5.69 Å². The van der Waals surface area contributed by atoms with Crippen molar-refractivity contribution in [2.75, 3.05) is 5.32 Å². The van der Waals surface area contributed by atoms with E-state index in [0.717, 1.165) is 17.1 Å². The van der Waals surface area contributed by atoms with Crippen LogP contribution in [-0.2, 0) is 11.2 Å². The molecule has 0 aliphatic rings. The SMILES string of the molecule is Cc1nccn1-c1ccc(NC(=O)C(Cc2ccccc2)n2cnc(-c3cc(Cl)ccc3-n3cc(Cl)nn3)cc2=O)cc1. The van der Waals surface area contributed by atoms with E-state index >= 15 is 0 Å². The van der Waals surface area contributed by atoms with E-state index in [-0.39, 0.29) is 17.5 Å². The highest BCUT2D eigenvalue weighted by atomic mass is 35.5. The van der Waals surface area contributed by atoms with E-state index in [0.29, 0.717) is 27.7 Å². The third-order valence-corrected chi connectivity index (χ3v) is 7.34. The second kappa shape index (κ2) is 12.0. The molecule has 0 aliphatic carbocycles. The van der Waals surface area contributed by atoms with Crippen LogP contribution in [0.15, 0.2) is 109 Å². The Morgan fingerprint density at radius 2 is 1.77 bits per heavy atom. The zero-order valence-corrected chi connectivity index (χ0v) is 24.3. The van der Waals surface area contributed by atoms with Gasteiger partial charge >= 0.3 is 0 Å². The van der Waals surface area contributed by atoms with Crippen LogP contribution in [0, 0.1) is 6.92 Å². The van der Waals surface area contributed by atoms with Gasteiger partial charge in [-0.15, -0.1) is 5.10 Å². The lowest BCUT2D eigenvalue weighted by Crippen LogP contribution is -2.34. The van der Waals surface area contributed by atoms with Gasteiger partial charge in [0.1, 0.15) is 11.9 Å². The van der Waals surface area contributed by atoms with Crippen molar-refractivity contribution in [3.05, 3.63) is 136 Å². The fourth-order valence-corrected chi connectivity index (χ4v) is 5.10. The molecule has 6 aromatic rings. The maximum atomic E-state index is 13.7. The van der Waals surface area contributed by atoms with Crippen LogP contribution in [0.25, 0.3) is 22.6 Å². The summed E-state index contributed by atoms with van der Waals surface area (Å²) in [5.41, 5.74) is 3.49. The summed E-state index contributed by atoms with van der Waals surface area (Å²) < 4.78 is 4.76. The number of aromatic nitrogens is 7. The van der Waals surface area contributed by atoms with Crippen molar-refractivity contribution in [1.82, 2.24) is 34.1 Å². The molecule has 3 aromatic heterocycles. The van der Waals surface area contributed by atoms with Crippen LogP contribution < -0.4 is 10.9 Å². The molecule has 12 heteroatoms. The summed E-state index contributed by atoms with van der Waals surface area (Å²) in [4.78, 5) is 36.1. The van der Waals surface area contributed by atoms with E-state index in [4.69, 9.17) is 23.2 Å². The van der Waals surface area contributed by atoms with Crippen molar-refractivity contribution < 1.29 is 4.79 Å². The number of benzene rings is 3. The summed E-state index contributed by atoms with van der Waals surface area (Å²) in [6, 6.07) is 22.5. The van der Waals surface area contributed by atoms with Gasteiger partial charge in [-0.3, -0.25) is 14.2 Å². The number of halogens is 2. The molecule has 1 amide bonds. The van der Waals surface area contributed by atoms with Crippen LogP contribution in [0.3, 0.4) is 0 Å². The molecular formula is C31H24Cl2N8O2. The number of hydrogen-bond donors (Lipinski definition) is 1. The Morgan fingerprint density at radius 3 is 2.44 bits per heavy atom.